The number of carbonyl (C=O) groups excluding carboxylic acids is 1. The van der Waals surface area contributed by atoms with Crippen LogP contribution in [0.5, 0.6) is 0 Å². The molecule has 0 aliphatic carbocycles. The van der Waals surface area contributed by atoms with Crippen LogP contribution in [0.1, 0.15) is 21.6 Å². The Hall–Kier alpha value is -2.41. The number of carbonyl (C=O) groups is 1. The number of pyridine rings is 1. The molecule has 0 aliphatic heterocycles. The molecule has 3 aromatic rings. The van der Waals surface area contributed by atoms with Crippen molar-refractivity contribution in [3.63, 3.8) is 0 Å². The number of nitrogens with zero attached hydrogens (tertiary/aromatic N) is 2. The largest absolute Gasteiger partial charge is 0.434 e. The molecule has 0 unspecified atom stereocenters. The summed E-state index contributed by atoms with van der Waals surface area (Å²) in [5.41, 5.74) is -0.476. The summed E-state index contributed by atoms with van der Waals surface area (Å²) in [4.78, 5) is 17.5. The summed E-state index contributed by atoms with van der Waals surface area (Å²) in [6.07, 6.45) is -4.69. The monoisotopic (exact) mass is 350 g/mol. The quantitative estimate of drug-likeness (QED) is 0.692. The molecule has 1 amide bonds. The SMILES string of the molecule is CN(Cc1ccccc1)C(=O)c1cc2sccc2nc1C(F)(F)F. The number of fused-ring (bicyclic) bond motifs is 1. The lowest BCUT2D eigenvalue weighted by Gasteiger charge is -2.19. The zero-order valence-corrected chi connectivity index (χ0v) is 13.5. The normalized spacial score (nSPS) is 11.7. The van der Waals surface area contributed by atoms with Crippen molar-refractivity contribution in [2.24, 2.45) is 0 Å². The van der Waals surface area contributed by atoms with Gasteiger partial charge in [-0.05, 0) is 23.1 Å². The van der Waals surface area contributed by atoms with Gasteiger partial charge in [0, 0.05) is 13.6 Å². The molecule has 124 valence electrons. The zero-order chi connectivity index (χ0) is 17.3. The zero-order valence-electron chi connectivity index (χ0n) is 12.7. The fraction of sp³-hybridized carbons (Fsp3) is 0.176. The molecular weight excluding hydrogens is 337 g/mol. The number of hydrogen-bond donors (Lipinski definition) is 0. The first-order valence-electron chi connectivity index (χ1n) is 7.11. The highest BCUT2D eigenvalue weighted by molar-refractivity contribution is 7.17. The topological polar surface area (TPSA) is 33.2 Å². The van der Waals surface area contributed by atoms with E-state index in [2.05, 4.69) is 4.98 Å². The molecule has 0 bridgehead atoms. The summed E-state index contributed by atoms with van der Waals surface area (Å²) >= 11 is 1.25. The van der Waals surface area contributed by atoms with Crippen molar-refractivity contribution < 1.29 is 18.0 Å². The van der Waals surface area contributed by atoms with Crippen LogP contribution in [0.2, 0.25) is 0 Å². The number of benzene rings is 1. The van der Waals surface area contributed by atoms with E-state index in [4.69, 9.17) is 0 Å². The van der Waals surface area contributed by atoms with Crippen molar-refractivity contribution in [3.05, 3.63) is 64.7 Å². The lowest BCUT2D eigenvalue weighted by Crippen LogP contribution is -2.29. The average Bonchev–Trinajstić information content (AvgIpc) is 3.00. The second-order valence-corrected chi connectivity index (χ2v) is 6.28. The Labute approximate surface area is 140 Å². The van der Waals surface area contributed by atoms with Crippen LogP contribution < -0.4 is 0 Å². The van der Waals surface area contributed by atoms with Crippen LogP contribution in [0.15, 0.2) is 47.8 Å². The number of hydrogen-bond acceptors (Lipinski definition) is 3. The maximum atomic E-state index is 13.3. The Kier molecular flexibility index (Phi) is 4.28. The van der Waals surface area contributed by atoms with Crippen molar-refractivity contribution in [2.45, 2.75) is 12.7 Å². The predicted octanol–water partition coefficient (Wildman–Crippen LogP) is 4.59. The fourth-order valence-corrected chi connectivity index (χ4v) is 3.17. The number of halogens is 3. The number of aromatic nitrogens is 1. The number of thiophene rings is 1. The van der Waals surface area contributed by atoms with E-state index < -0.39 is 23.3 Å². The highest BCUT2D eigenvalue weighted by atomic mass is 32.1. The van der Waals surface area contributed by atoms with Gasteiger partial charge in [0.2, 0.25) is 0 Å². The number of rotatable bonds is 3. The van der Waals surface area contributed by atoms with Crippen molar-refractivity contribution in [2.75, 3.05) is 7.05 Å². The molecule has 2 heterocycles. The average molecular weight is 350 g/mol. The van der Waals surface area contributed by atoms with Gasteiger partial charge in [0.25, 0.3) is 5.91 Å². The Morgan fingerprint density at radius 2 is 1.92 bits per heavy atom. The van der Waals surface area contributed by atoms with Gasteiger partial charge in [0.15, 0.2) is 5.69 Å². The maximum Gasteiger partial charge on any atom is 0.434 e. The van der Waals surface area contributed by atoms with Crippen LogP contribution in [0.25, 0.3) is 10.2 Å². The lowest BCUT2D eigenvalue weighted by atomic mass is 10.1. The van der Waals surface area contributed by atoms with E-state index in [0.717, 1.165) is 5.56 Å². The molecule has 0 fully saturated rings. The van der Waals surface area contributed by atoms with Gasteiger partial charge in [-0.2, -0.15) is 13.2 Å². The van der Waals surface area contributed by atoms with Gasteiger partial charge in [0.1, 0.15) is 0 Å². The van der Waals surface area contributed by atoms with E-state index in [-0.39, 0.29) is 12.1 Å². The third kappa shape index (κ3) is 3.26. The first kappa shape index (κ1) is 16.4. The lowest BCUT2D eigenvalue weighted by molar-refractivity contribution is -0.141. The summed E-state index contributed by atoms with van der Waals surface area (Å²) in [6.45, 7) is 0.222. The molecule has 1 aromatic carbocycles. The molecule has 2 aromatic heterocycles. The number of amides is 1. The molecule has 0 radical (unpaired) electrons. The highest BCUT2D eigenvalue weighted by Gasteiger charge is 2.38. The molecule has 0 N–H and O–H groups in total. The van der Waals surface area contributed by atoms with Crippen molar-refractivity contribution in [3.8, 4) is 0 Å². The van der Waals surface area contributed by atoms with Crippen LogP contribution in [0.3, 0.4) is 0 Å². The van der Waals surface area contributed by atoms with Crippen molar-refractivity contribution >= 4 is 27.5 Å². The second kappa shape index (κ2) is 6.24. The standard InChI is InChI=1S/C17H13F3N2OS/c1-22(10-11-5-3-2-4-6-11)16(23)12-9-14-13(7-8-24-14)21-15(12)17(18,19)20/h2-9H,10H2,1H3. The molecule has 7 heteroatoms. The van der Waals surface area contributed by atoms with Crippen LogP contribution in [0.4, 0.5) is 13.2 Å². The van der Waals surface area contributed by atoms with Crippen LogP contribution in [-0.4, -0.2) is 22.8 Å². The predicted molar refractivity (Wildman–Crippen MR) is 86.9 cm³/mol. The van der Waals surface area contributed by atoms with Crippen LogP contribution in [0, 0.1) is 0 Å². The molecule has 0 spiro atoms. The fourth-order valence-electron chi connectivity index (χ4n) is 2.41. The van der Waals surface area contributed by atoms with Gasteiger partial charge in [-0.1, -0.05) is 30.3 Å². The Morgan fingerprint density at radius 1 is 1.21 bits per heavy atom. The first-order chi connectivity index (χ1) is 11.4. The van der Waals surface area contributed by atoms with E-state index in [0.29, 0.717) is 4.70 Å². The minimum atomic E-state index is -4.69. The molecular formula is C17H13F3N2OS. The van der Waals surface area contributed by atoms with Crippen molar-refractivity contribution in [1.82, 2.24) is 9.88 Å². The van der Waals surface area contributed by atoms with Gasteiger partial charge in [-0.25, -0.2) is 4.98 Å². The van der Waals surface area contributed by atoms with Gasteiger partial charge in [-0.15, -0.1) is 11.3 Å². The van der Waals surface area contributed by atoms with Gasteiger partial charge in [0.05, 0.1) is 15.8 Å². The van der Waals surface area contributed by atoms with E-state index in [9.17, 15) is 18.0 Å². The molecule has 3 rings (SSSR count). The Morgan fingerprint density at radius 3 is 2.58 bits per heavy atom. The minimum Gasteiger partial charge on any atom is -0.337 e. The summed E-state index contributed by atoms with van der Waals surface area (Å²) < 4.78 is 40.5. The Bertz CT molecular complexity index is 874. The third-order valence-electron chi connectivity index (χ3n) is 3.54. The van der Waals surface area contributed by atoms with Gasteiger partial charge in [-0.3, -0.25) is 4.79 Å². The van der Waals surface area contributed by atoms with Gasteiger partial charge < -0.3 is 4.90 Å². The van der Waals surface area contributed by atoms with Crippen molar-refractivity contribution in [1.29, 1.82) is 0 Å². The summed E-state index contributed by atoms with van der Waals surface area (Å²) in [7, 11) is 1.48. The molecule has 0 aliphatic rings. The van der Waals surface area contributed by atoms with E-state index in [1.54, 1.807) is 5.38 Å². The molecule has 0 saturated carbocycles. The molecule has 0 atom stereocenters. The van der Waals surface area contributed by atoms with Crippen LogP contribution in [-0.2, 0) is 12.7 Å². The van der Waals surface area contributed by atoms with Gasteiger partial charge >= 0.3 is 6.18 Å². The van der Waals surface area contributed by atoms with E-state index in [1.165, 1.54) is 35.4 Å². The first-order valence-corrected chi connectivity index (χ1v) is 7.99. The maximum absolute atomic E-state index is 13.3. The molecule has 24 heavy (non-hydrogen) atoms. The highest BCUT2D eigenvalue weighted by Crippen LogP contribution is 2.34. The third-order valence-corrected chi connectivity index (χ3v) is 4.40. The summed E-state index contributed by atoms with van der Waals surface area (Å²) in [5.74, 6) is -0.700. The molecule has 0 saturated heterocycles. The summed E-state index contributed by atoms with van der Waals surface area (Å²) in [6, 6.07) is 11.9. The number of alkyl halides is 3. The Balaban J connectivity index is 1.99. The molecule has 3 nitrogen and oxygen atoms in total. The van der Waals surface area contributed by atoms with Crippen LogP contribution >= 0.6 is 11.3 Å². The smallest absolute Gasteiger partial charge is 0.337 e. The minimum absolute atomic E-state index is 0.222. The second-order valence-electron chi connectivity index (χ2n) is 5.33. The summed E-state index contributed by atoms with van der Waals surface area (Å²) in [5, 5.41) is 1.65. The van der Waals surface area contributed by atoms with E-state index >= 15 is 0 Å². The van der Waals surface area contributed by atoms with E-state index in [1.807, 2.05) is 30.3 Å².